The minimum atomic E-state index is -0.992. The van der Waals surface area contributed by atoms with Gasteiger partial charge in [0.05, 0.1) is 12.3 Å². The van der Waals surface area contributed by atoms with Crippen molar-refractivity contribution < 1.29 is 29.3 Å². The lowest BCUT2D eigenvalue weighted by Gasteiger charge is -2.25. The summed E-state index contributed by atoms with van der Waals surface area (Å²) in [5.74, 6) is -0.469. The third kappa shape index (κ3) is 7.08. The zero-order valence-electron chi connectivity index (χ0n) is 19.0. The number of aliphatic carboxylic acids is 1. The Balaban J connectivity index is 1.76. The van der Waals surface area contributed by atoms with Gasteiger partial charge in [-0.15, -0.1) is 0 Å². The van der Waals surface area contributed by atoms with Crippen LogP contribution in [0.4, 0.5) is 10.5 Å². The number of benzene rings is 3. The van der Waals surface area contributed by atoms with Crippen LogP contribution in [0.2, 0.25) is 0 Å². The van der Waals surface area contributed by atoms with E-state index in [1.807, 2.05) is 61.5 Å². The van der Waals surface area contributed by atoms with Gasteiger partial charge in [-0.3, -0.25) is 5.32 Å². The predicted molar refractivity (Wildman–Crippen MR) is 131 cm³/mol. The second-order valence-electron chi connectivity index (χ2n) is 7.91. The van der Waals surface area contributed by atoms with Gasteiger partial charge in [0.25, 0.3) is 0 Å². The third-order valence-corrected chi connectivity index (χ3v) is 5.39. The van der Waals surface area contributed by atoms with Gasteiger partial charge in [-0.2, -0.15) is 0 Å². The summed E-state index contributed by atoms with van der Waals surface area (Å²) in [5, 5.41) is 22.5. The molecule has 0 unspecified atom stereocenters. The molecule has 34 heavy (non-hydrogen) atoms. The van der Waals surface area contributed by atoms with Crippen LogP contribution in [0.1, 0.15) is 31.4 Å². The minimum Gasteiger partial charge on any atom is -0.491 e. The molecule has 3 aromatic carbocycles. The molecule has 0 fully saturated rings. The Hall–Kier alpha value is -3.84. The van der Waals surface area contributed by atoms with E-state index in [9.17, 15) is 9.59 Å². The number of hydrogen-bond acceptors (Lipinski definition) is 5. The van der Waals surface area contributed by atoms with Crippen molar-refractivity contribution in [2.45, 2.75) is 25.9 Å². The molecule has 7 nitrogen and oxygen atoms in total. The molecule has 0 bridgehead atoms. The first kappa shape index (κ1) is 24.8. The molecule has 1 amide bonds. The molecule has 0 aliphatic carbocycles. The van der Waals surface area contributed by atoms with Crippen LogP contribution in [0.15, 0.2) is 78.9 Å². The number of nitrogens with one attached hydrogen (secondary N) is 1. The molecular weight excluding hydrogens is 434 g/mol. The van der Waals surface area contributed by atoms with E-state index in [0.717, 1.165) is 22.4 Å². The van der Waals surface area contributed by atoms with Crippen molar-refractivity contribution in [3.05, 3.63) is 84.4 Å². The number of carboxylic acids is 1. The van der Waals surface area contributed by atoms with Crippen molar-refractivity contribution in [2.75, 3.05) is 18.5 Å². The van der Waals surface area contributed by atoms with E-state index in [-0.39, 0.29) is 19.1 Å². The number of amides is 1. The highest BCUT2D eigenvalue weighted by Gasteiger charge is 2.24. The Morgan fingerprint density at radius 1 is 1.03 bits per heavy atom. The highest BCUT2D eigenvalue weighted by molar-refractivity contribution is 6.00. The normalized spacial score (nSPS) is 12.9. The van der Waals surface area contributed by atoms with Crippen LogP contribution >= 0.6 is 0 Å². The number of carbonyl (C=O) groups is 2. The van der Waals surface area contributed by atoms with E-state index in [2.05, 4.69) is 5.32 Å². The van der Waals surface area contributed by atoms with Crippen molar-refractivity contribution in [3.8, 4) is 5.75 Å². The maximum absolute atomic E-state index is 12.9. The smallest absolute Gasteiger partial charge is 0.412 e. The van der Waals surface area contributed by atoms with Gasteiger partial charge in [0.15, 0.2) is 0 Å². The van der Waals surface area contributed by atoms with E-state index in [0.29, 0.717) is 24.3 Å². The van der Waals surface area contributed by atoms with Crippen LogP contribution in [-0.4, -0.2) is 35.5 Å². The second kappa shape index (κ2) is 12.4. The maximum atomic E-state index is 12.9. The van der Waals surface area contributed by atoms with Gasteiger partial charge in [0, 0.05) is 11.5 Å². The highest BCUT2D eigenvalue weighted by Crippen LogP contribution is 2.32. The number of rotatable bonds is 11. The first-order valence-corrected chi connectivity index (χ1v) is 11.2. The van der Waals surface area contributed by atoms with Crippen LogP contribution in [0.3, 0.4) is 0 Å². The van der Waals surface area contributed by atoms with Gasteiger partial charge in [0.2, 0.25) is 0 Å². The Morgan fingerprint density at radius 2 is 1.76 bits per heavy atom. The van der Waals surface area contributed by atoms with E-state index < -0.39 is 18.2 Å². The molecule has 7 heteroatoms. The fourth-order valence-electron chi connectivity index (χ4n) is 3.71. The van der Waals surface area contributed by atoms with Gasteiger partial charge in [-0.25, -0.2) is 9.59 Å². The maximum Gasteiger partial charge on any atom is 0.412 e. The summed E-state index contributed by atoms with van der Waals surface area (Å²) in [4.78, 5) is 23.6. The largest absolute Gasteiger partial charge is 0.491 e. The Bertz CT molecular complexity index is 1120. The van der Waals surface area contributed by atoms with Crippen LogP contribution in [0, 0.1) is 5.92 Å². The number of anilines is 1. The molecule has 0 radical (unpaired) electrons. The summed E-state index contributed by atoms with van der Waals surface area (Å²) in [6, 6.07) is 20.6. The summed E-state index contributed by atoms with van der Waals surface area (Å²) in [7, 11) is 0. The lowest BCUT2D eigenvalue weighted by Crippen LogP contribution is -2.22. The molecule has 178 valence electrons. The fourth-order valence-corrected chi connectivity index (χ4v) is 3.71. The molecule has 3 rings (SSSR count). The number of carboxylic acid groups (broad SMARTS) is 1. The van der Waals surface area contributed by atoms with Gasteiger partial charge in [-0.05, 0) is 47.9 Å². The number of hydrogen-bond donors (Lipinski definition) is 3. The van der Waals surface area contributed by atoms with Crippen LogP contribution in [0.25, 0.3) is 10.8 Å². The average Bonchev–Trinajstić information content (AvgIpc) is 2.84. The average molecular weight is 464 g/mol. The van der Waals surface area contributed by atoms with E-state index in [4.69, 9.17) is 19.7 Å². The zero-order chi connectivity index (χ0) is 24.3. The molecule has 0 heterocycles. The SMILES string of the molecule is C[C@@H](CC/C=C/C(=O)O)[C@@H](OC(=O)Nc1cccc2ccccc12)c1ccc(OCCO)cc1. The first-order chi connectivity index (χ1) is 16.5. The van der Waals surface area contributed by atoms with Gasteiger partial charge >= 0.3 is 12.1 Å². The number of carbonyl (C=O) groups excluding carboxylic acids is 1. The van der Waals surface area contributed by atoms with Crippen molar-refractivity contribution in [1.29, 1.82) is 0 Å². The zero-order valence-corrected chi connectivity index (χ0v) is 19.0. The Labute approximate surface area is 198 Å². The Kier molecular flexibility index (Phi) is 9.05. The highest BCUT2D eigenvalue weighted by atomic mass is 16.6. The molecule has 0 spiro atoms. The first-order valence-electron chi connectivity index (χ1n) is 11.2. The van der Waals surface area contributed by atoms with Crippen molar-refractivity contribution in [1.82, 2.24) is 0 Å². The number of fused-ring (bicyclic) bond motifs is 1. The van der Waals surface area contributed by atoms with E-state index in [1.165, 1.54) is 0 Å². The monoisotopic (exact) mass is 463 g/mol. The number of aliphatic hydroxyl groups is 1. The van der Waals surface area contributed by atoms with Gasteiger partial charge in [-0.1, -0.05) is 61.5 Å². The third-order valence-electron chi connectivity index (χ3n) is 5.39. The standard InChI is InChI=1S/C27H29NO6/c1-19(7-2-5-12-25(30)31)26(21-13-15-22(16-14-21)33-18-17-29)34-27(32)28-24-11-6-9-20-8-3-4-10-23(20)24/h3-6,8-16,19,26,29H,2,7,17-18H2,1H3,(H,28,32)(H,30,31)/b12-5+/t19-,26+/m0/s1. The molecule has 0 saturated heterocycles. The number of aliphatic hydroxyl groups excluding tert-OH is 1. The molecule has 0 saturated carbocycles. The molecule has 3 aromatic rings. The quantitative estimate of drug-likeness (QED) is 0.322. The molecule has 0 aromatic heterocycles. The summed E-state index contributed by atoms with van der Waals surface area (Å²) >= 11 is 0. The summed E-state index contributed by atoms with van der Waals surface area (Å²) < 4.78 is 11.3. The van der Waals surface area contributed by atoms with Gasteiger partial charge in [0.1, 0.15) is 18.5 Å². The molecule has 0 aliphatic heterocycles. The number of ether oxygens (including phenoxy) is 2. The second-order valence-corrected chi connectivity index (χ2v) is 7.91. The van der Waals surface area contributed by atoms with Gasteiger partial charge < -0.3 is 19.7 Å². The summed E-state index contributed by atoms with van der Waals surface area (Å²) in [5.41, 5.74) is 1.45. The fraction of sp³-hybridized carbons (Fsp3) is 0.259. The van der Waals surface area contributed by atoms with Crippen LogP contribution in [0.5, 0.6) is 5.75 Å². The molecule has 3 N–H and O–H groups in total. The van der Waals surface area contributed by atoms with E-state index in [1.54, 1.807) is 18.2 Å². The topological polar surface area (TPSA) is 105 Å². The summed E-state index contributed by atoms with van der Waals surface area (Å²) in [6.45, 7) is 2.07. The minimum absolute atomic E-state index is 0.0806. The van der Waals surface area contributed by atoms with Crippen molar-refractivity contribution in [3.63, 3.8) is 0 Å². The molecule has 0 aliphatic rings. The predicted octanol–water partition coefficient (Wildman–Crippen LogP) is 5.56. The van der Waals surface area contributed by atoms with E-state index >= 15 is 0 Å². The lowest BCUT2D eigenvalue weighted by atomic mass is 9.93. The summed E-state index contributed by atoms with van der Waals surface area (Å²) in [6.07, 6.45) is 2.74. The van der Waals surface area contributed by atoms with Crippen molar-refractivity contribution in [2.24, 2.45) is 5.92 Å². The number of allylic oxidation sites excluding steroid dienone is 1. The molecule has 2 atom stereocenters. The van der Waals surface area contributed by atoms with Crippen LogP contribution in [-0.2, 0) is 9.53 Å². The Morgan fingerprint density at radius 3 is 2.50 bits per heavy atom. The van der Waals surface area contributed by atoms with Crippen molar-refractivity contribution >= 4 is 28.5 Å². The van der Waals surface area contributed by atoms with Crippen LogP contribution < -0.4 is 10.1 Å². The lowest BCUT2D eigenvalue weighted by molar-refractivity contribution is -0.131. The molecular formula is C27H29NO6.